The van der Waals surface area contributed by atoms with Crippen LogP contribution in [0.15, 0.2) is 66.7 Å². The molecular weight excluding hydrogens is 564 g/mol. The van der Waals surface area contributed by atoms with Gasteiger partial charge in [0.1, 0.15) is 55.4 Å². The smallest absolute Gasteiger partial charge is 0.126 e. The lowest BCUT2D eigenvalue weighted by Crippen LogP contribution is -2.31. The summed E-state index contributed by atoms with van der Waals surface area (Å²) >= 11 is 0. The van der Waals surface area contributed by atoms with Crippen molar-refractivity contribution in [1.29, 1.82) is 0 Å². The van der Waals surface area contributed by atoms with Crippen LogP contribution in [0.3, 0.4) is 0 Å². The lowest BCUT2D eigenvalue weighted by atomic mass is 9.68. The van der Waals surface area contributed by atoms with Crippen molar-refractivity contribution in [2.45, 2.75) is 95.4 Å². The number of benzene rings is 3. The first-order valence-electron chi connectivity index (χ1n) is 17.1. The van der Waals surface area contributed by atoms with E-state index in [0.29, 0.717) is 19.8 Å². The summed E-state index contributed by atoms with van der Waals surface area (Å²) in [6, 6.07) is 23.9. The Labute approximate surface area is 269 Å². The van der Waals surface area contributed by atoms with Gasteiger partial charge in [-0.15, -0.1) is 0 Å². The van der Waals surface area contributed by atoms with Crippen LogP contribution in [0.25, 0.3) is 0 Å². The third-order valence-corrected chi connectivity index (χ3v) is 10.3. The number of rotatable bonds is 19. The molecule has 0 saturated carbocycles. The normalized spacial score (nSPS) is 20.5. The van der Waals surface area contributed by atoms with Crippen LogP contribution >= 0.6 is 0 Å². The Kier molecular flexibility index (Phi) is 10.0. The Morgan fingerprint density at radius 3 is 1.58 bits per heavy atom. The predicted molar refractivity (Wildman–Crippen MR) is 177 cm³/mol. The average Bonchev–Trinajstić information content (AvgIpc) is 3.93. The maximum atomic E-state index is 6.82. The van der Waals surface area contributed by atoms with Crippen molar-refractivity contribution in [3.05, 3.63) is 89.0 Å². The molecule has 3 unspecified atom stereocenters. The van der Waals surface area contributed by atoms with Gasteiger partial charge in [-0.25, -0.2) is 0 Å². The molecule has 45 heavy (non-hydrogen) atoms. The van der Waals surface area contributed by atoms with Crippen LogP contribution in [0.1, 0.15) is 75.6 Å². The first kappa shape index (κ1) is 31.9. The molecular formula is C39H50O6. The van der Waals surface area contributed by atoms with Crippen LogP contribution in [0.4, 0.5) is 0 Å². The Morgan fingerprint density at radius 2 is 0.978 bits per heavy atom. The van der Waals surface area contributed by atoms with Gasteiger partial charge >= 0.3 is 0 Å². The molecule has 3 saturated heterocycles. The molecule has 3 fully saturated rings. The zero-order valence-corrected chi connectivity index (χ0v) is 27.5. The van der Waals surface area contributed by atoms with Gasteiger partial charge in [0.25, 0.3) is 0 Å². The molecule has 0 aliphatic carbocycles. The van der Waals surface area contributed by atoms with E-state index in [1.807, 2.05) is 0 Å². The second kappa shape index (κ2) is 14.1. The van der Waals surface area contributed by atoms with E-state index >= 15 is 0 Å². The number of ether oxygens (including phenoxy) is 6. The SMILES string of the molecule is CCC(CC)(Cc1cccc(C(CC)(CC)Cc2ccccc2OCC2CO2)c1OCC1CO1)c1ccccc1OCC1CO1. The van der Waals surface area contributed by atoms with Crippen LogP contribution in [0, 0.1) is 0 Å². The van der Waals surface area contributed by atoms with E-state index in [1.165, 1.54) is 22.3 Å². The minimum Gasteiger partial charge on any atom is -0.491 e. The predicted octanol–water partition coefficient (Wildman–Crippen LogP) is 7.62. The van der Waals surface area contributed by atoms with E-state index in [-0.39, 0.29) is 29.1 Å². The third-order valence-electron chi connectivity index (χ3n) is 10.3. The van der Waals surface area contributed by atoms with Crippen LogP contribution in [0.2, 0.25) is 0 Å². The van der Waals surface area contributed by atoms with Gasteiger partial charge in [0.05, 0.1) is 19.8 Å². The number of hydrogen-bond donors (Lipinski definition) is 0. The highest BCUT2D eigenvalue weighted by Gasteiger charge is 2.38. The summed E-state index contributed by atoms with van der Waals surface area (Å²) in [4.78, 5) is 0. The fourth-order valence-corrected chi connectivity index (χ4v) is 6.85. The van der Waals surface area contributed by atoms with Crippen molar-refractivity contribution in [3.8, 4) is 17.2 Å². The highest BCUT2D eigenvalue weighted by molar-refractivity contribution is 5.50. The van der Waals surface area contributed by atoms with Gasteiger partial charge in [-0.2, -0.15) is 0 Å². The highest BCUT2D eigenvalue weighted by Crippen LogP contribution is 2.47. The molecule has 0 bridgehead atoms. The van der Waals surface area contributed by atoms with Crippen LogP contribution < -0.4 is 14.2 Å². The van der Waals surface area contributed by atoms with E-state index in [2.05, 4.69) is 94.4 Å². The van der Waals surface area contributed by atoms with Crippen LogP contribution in [0.5, 0.6) is 17.2 Å². The molecule has 0 aromatic heterocycles. The van der Waals surface area contributed by atoms with Crippen molar-refractivity contribution < 1.29 is 28.4 Å². The minimum atomic E-state index is -0.127. The Balaban J connectivity index is 1.37. The summed E-state index contributed by atoms with van der Waals surface area (Å²) < 4.78 is 35.9. The minimum absolute atomic E-state index is 0.111. The quantitative estimate of drug-likeness (QED) is 0.130. The van der Waals surface area contributed by atoms with Gasteiger partial charge in [-0.05, 0) is 61.8 Å². The van der Waals surface area contributed by atoms with E-state index in [9.17, 15) is 0 Å². The molecule has 3 atom stereocenters. The second-order valence-corrected chi connectivity index (χ2v) is 13.0. The molecule has 242 valence electrons. The first-order valence-corrected chi connectivity index (χ1v) is 17.1. The maximum absolute atomic E-state index is 6.82. The van der Waals surface area contributed by atoms with Crippen molar-refractivity contribution >= 4 is 0 Å². The maximum Gasteiger partial charge on any atom is 0.126 e. The van der Waals surface area contributed by atoms with Gasteiger partial charge < -0.3 is 28.4 Å². The number of hydrogen-bond acceptors (Lipinski definition) is 6. The standard InChI is InChI=1S/C39H50O6/c1-5-38(6-2,33-16-10-12-19-36(33)44-26-31-23-41-31)21-29-15-13-17-34(37(29)45-27-32-24-42-32)39(7-3,8-4)20-28-14-9-11-18-35(28)43-25-30-22-40-30/h9-19,30-32H,5-8,20-27H2,1-4H3. The molecule has 3 aliphatic heterocycles. The van der Waals surface area contributed by atoms with Gasteiger partial charge in [0, 0.05) is 22.0 Å². The first-order chi connectivity index (χ1) is 22.0. The molecule has 6 nitrogen and oxygen atoms in total. The zero-order chi connectivity index (χ0) is 31.3. The molecule has 0 radical (unpaired) electrons. The summed E-state index contributed by atoms with van der Waals surface area (Å²) in [7, 11) is 0. The van der Waals surface area contributed by atoms with Crippen molar-refractivity contribution in [3.63, 3.8) is 0 Å². The molecule has 6 heteroatoms. The Hall–Kier alpha value is -3.06. The van der Waals surface area contributed by atoms with E-state index in [0.717, 1.165) is 75.6 Å². The average molecular weight is 615 g/mol. The van der Waals surface area contributed by atoms with Crippen molar-refractivity contribution in [1.82, 2.24) is 0 Å². The molecule has 3 aromatic carbocycles. The zero-order valence-electron chi connectivity index (χ0n) is 27.5. The lowest BCUT2D eigenvalue weighted by Gasteiger charge is -2.38. The number of para-hydroxylation sites is 3. The van der Waals surface area contributed by atoms with Gasteiger partial charge in [-0.3, -0.25) is 0 Å². The molecule has 0 N–H and O–H groups in total. The summed E-state index contributed by atoms with van der Waals surface area (Å²) in [5, 5.41) is 0. The fourth-order valence-electron chi connectivity index (χ4n) is 6.85. The second-order valence-electron chi connectivity index (χ2n) is 13.0. The van der Waals surface area contributed by atoms with Gasteiger partial charge in [0.15, 0.2) is 0 Å². The van der Waals surface area contributed by atoms with Gasteiger partial charge in [0.2, 0.25) is 0 Å². The topological polar surface area (TPSA) is 65.3 Å². The molecule has 3 aliphatic rings. The largest absolute Gasteiger partial charge is 0.491 e. The summed E-state index contributed by atoms with van der Waals surface area (Å²) in [6.07, 6.45) is 6.27. The monoisotopic (exact) mass is 614 g/mol. The third kappa shape index (κ3) is 7.51. The molecule has 6 rings (SSSR count). The van der Waals surface area contributed by atoms with Crippen molar-refractivity contribution in [2.75, 3.05) is 39.6 Å². The Bertz CT molecular complexity index is 1400. The molecule has 0 spiro atoms. The fraction of sp³-hybridized carbons (Fsp3) is 0.538. The molecule has 3 aromatic rings. The Morgan fingerprint density at radius 1 is 0.533 bits per heavy atom. The van der Waals surface area contributed by atoms with Crippen molar-refractivity contribution in [2.24, 2.45) is 0 Å². The lowest BCUT2D eigenvalue weighted by molar-refractivity contribution is 0.244. The molecule has 0 amide bonds. The van der Waals surface area contributed by atoms with E-state index in [1.54, 1.807) is 0 Å². The summed E-state index contributed by atoms with van der Waals surface area (Å²) in [5.74, 6) is 2.94. The molecule has 3 heterocycles. The summed E-state index contributed by atoms with van der Waals surface area (Å²) in [5.41, 5.74) is 4.78. The summed E-state index contributed by atoms with van der Waals surface area (Å²) in [6.45, 7) is 13.3. The van der Waals surface area contributed by atoms with E-state index < -0.39 is 0 Å². The highest BCUT2D eigenvalue weighted by atomic mass is 16.6. The van der Waals surface area contributed by atoms with Crippen LogP contribution in [-0.4, -0.2) is 58.0 Å². The van der Waals surface area contributed by atoms with E-state index in [4.69, 9.17) is 28.4 Å². The number of epoxide rings is 3. The van der Waals surface area contributed by atoms with Crippen LogP contribution in [-0.2, 0) is 37.9 Å². The van der Waals surface area contributed by atoms with Gasteiger partial charge in [-0.1, -0.05) is 82.3 Å².